The zero-order valence-electron chi connectivity index (χ0n) is 14.3. The molecule has 1 unspecified atom stereocenters. The fourth-order valence-electron chi connectivity index (χ4n) is 2.64. The zero-order chi connectivity index (χ0) is 17.2. The maximum atomic E-state index is 12.7. The number of nitrogens with zero attached hydrogens (tertiary/aromatic N) is 2. The van der Waals surface area contributed by atoms with Gasteiger partial charge in [0.1, 0.15) is 0 Å². The van der Waals surface area contributed by atoms with Crippen molar-refractivity contribution in [1.29, 1.82) is 0 Å². The lowest BCUT2D eigenvalue weighted by Crippen LogP contribution is -2.45. The maximum absolute atomic E-state index is 12.7. The van der Waals surface area contributed by atoms with Crippen molar-refractivity contribution in [3.63, 3.8) is 0 Å². The number of aromatic nitrogens is 1. The van der Waals surface area contributed by atoms with E-state index < -0.39 is 0 Å². The highest BCUT2D eigenvalue weighted by Crippen LogP contribution is 2.31. The third-order valence-corrected chi connectivity index (χ3v) is 5.37. The number of anilines is 1. The fraction of sp³-hybridized carbons (Fsp3) is 0.444. The van der Waals surface area contributed by atoms with Crippen LogP contribution in [0.15, 0.2) is 36.5 Å². The van der Waals surface area contributed by atoms with Gasteiger partial charge < -0.3 is 9.64 Å². The van der Waals surface area contributed by atoms with Crippen molar-refractivity contribution in [1.82, 2.24) is 9.88 Å². The van der Waals surface area contributed by atoms with Crippen LogP contribution >= 0.6 is 11.3 Å². The van der Waals surface area contributed by atoms with Crippen LogP contribution in [0.25, 0.3) is 0 Å². The van der Waals surface area contributed by atoms with E-state index in [-0.39, 0.29) is 17.5 Å². The van der Waals surface area contributed by atoms with E-state index in [1.807, 2.05) is 41.4 Å². The number of morpholine rings is 1. The number of urea groups is 1. The average molecular weight is 345 g/mol. The topological polar surface area (TPSA) is 54.5 Å². The number of thiazole rings is 1. The molecule has 128 valence electrons. The van der Waals surface area contributed by atoms with E-state index in [1.165, 1.54) is 11.3 Å². The molecule has 2 aromatic rings. The van der Waals surface area contributed by atoms with Crippen molar-refractivity contribution >= 4 is 22.5 Å². The molecule has 1 atom stereocenters. The van der Waals surface area contributed by atoms with Gasteiger partial charge in [-0.2, -0.15) is 0 Å². The monoisotopic (exact) mass is 345 g/mol. The molecule has 1 aliphatic rings. The summed E-state index contributed by atoms with van der Waals surface area (Å²) in [6, 6.07) is 9.80. The summed E-state index contributed by atoms with van der Waals surface area (Å²) in [6.45, 7) is 8.06. The third-order valence-electron chi connectivity index (χ3n) is 4.03. The number of nitrogens with one attached hydrogen (secondary N) is 1. The zero-order valence-corrected chi connectivity index (χ0v) is 15.1. The van der Waals surface area contributed by atoms with Gasteiger partial charge in [-0.25, -0.2) is 9.78 Å². The lowest BCUT2D eigenvalue weighted by atomic mass is 9.96. The van der Waals surface area contributed by atoms with Gasteiger partial charge in [0.2, 0.25) is 0 Å². The highest BCUT2D eigenvalue weighted by molar-refractivity contribution is 7.15. The summed E-state index contributed by atoms with van der Waals surface area (Å²) < 4.78 is 5.58. The highest BCUT2D eigenvalue weighted by atomic mass is 32.1. The van der Waals surface area contributed by atoms with Gasteiger partial charge in [-0.1, -0.05) is 51.1 Å². The van der Waals surface area contributed by atoms with E-state index in [1.54, 1.807) is 0 Å². The Morgan fingerprint density at radius 3 is 2.75 bits per heavy atom. The van der Waals surface area contributed by atoms with Crippen LogP contribution in [-0.4, -0.2) is 35.7 Å². The van der Waals surface area contributed by atoms with Gasteiger partial charge in [-0.3, -0.25) is 5.32 Å². The minimum Gasteiger partial charge on any atom is -0.377 e. The number of amides is 2. The molecular weight excluding hydrogens is 322 g/mol. The van der Waals surface area contributed by atoms with Gasteiger partial charge in [-0.15, -0.1) is 11.3 Å². The van der Waals surface area contributed by atoms with Crippen molar-refractivity contribution in [2.24, 2.45) is 0 Å². The maximum Gasteiger partial charge on any atom is 0.324 e. The Kier molecular flexibility index (Phi) is 4.87. The summed E-state index contributed by atoms with van der Waals surface area (Å²) in [6.07, 6.45) is 1.84. The molecule has 2 amide bonds. The SMILES string of the molecule is CC(C)(C)c1cnc(NC(=O)N2CCOCC2c2ccccc2)s1. The molecule has 1 saturated heterocycles. The normalized spacial score (nSPS) is 18.5. The van der Waals surface area contributed by atoms with Crippen molar-refractivity contribution in [2.45, 2.75) is 32.2 Å². The van der Waals surface area contributed by atoms with Gasteiger partial charge in [0.05, 0.1) is 19.3 Å². The lowest BCUT2D eigenvalue weighted by molar-refractivity contribution is 0.0148. The summed E-state index contributed by atoms with van der Waals surface area (Å²) in [5, 5.41) is 3.58. The predicted molar refractivity (Wildman–Crippen MR) is 96.5 cm³/mol. The fourth-order valence-corrected chi connectivity index (χ4v) is 3.50. The molecule has 1 aromatic heterocycles. The first-order chi connectivity index (χ1) is 11.4. The van der Waals surface area contributed by atoms with Crippen molar-refractivity contribution in [3.05, 3.63) is 47.0 Å². The van der Waals surface area contributed by atoms with Gasteiger partial charge in [0.25, 0.3) is 0 Å². The number of carbonyl (C=O) groups excluding carboxylic acids is 1. The first-order valence-electron chi connectivity index (χ1n) is 8.12. The molecule has 3 rings (SSSR count). The highest BCUT2D eigenvalue weighted by Gasteiger charge is 2.29. The Labute approximate surface area is 146 Å². The summed E-state index contributed by atoms with van der Waals surface area (Å²) in [5.41, 5.74) is 1.12. The molecule has 1 aliphatic heterocycles. The van der Waals surface area contributed by atoms with E-state index in [2.05, 4.69) is 31.1 Å². The minimum atomic E-state index is -0.123. The van der Waals surface area contributed by atoms with E-state index >= 15 is 0 Å². The van der Waals surface area contributed by atoms with E-state index in [9.17, 15) is 4.79 Å². The van der Waals surface area contributed by atoms with Crippen molar-refractivity contribution in [2.75, 3.05) is 25.1 Å². The first-order valence-corrected chi connectivity index (χ1v) is 8.93. The number of benzene rings is 1. The van der Waals surface area contributed by atoms with E-state index in [4.69, 9.17) is 4.74 Å². The number of ether oxygens (including phenoxy) is 1. The van der Waals surface area contributed by atoms with Crippen LogP contribution in [0.3, 0.4) is 0 Å². The second-order valence-electron chi connectivity index (χ2n) is 6.90. The predicted octanol–water partition coefficient (Wildman–Crippen LogP) is 4.05. The summed E-state index contributed by atoms with van der Waals surface area (Å²) in [7, 11) is 0. The van der Waals surface area contributed by atoms with Crippen LogP contribution in [0.5, 0.6) is 0 Å². The molecule has 0 aliphatic carbocycles. The van der Waals surface area contributed by atoms with Crippen molar-refractivity contribution in [3.8, 4) is 0 Å². The molecule has 24 heavy (non-hydrogen) atoms. The second-order valence-corrected chi connectivity index (χ2v) is 7.94. The molecule has 1 aromatic carbocycles. The minimum absolute atomic E-state index is 0.0339. The molecule has 5 nitrogen and oxygen atoms in total. The largest absolute Gasteiger partial charge is 0.377 e. The van der Waals surface area contributed by atoms with E-state index in [0.29, 0.717) is 24.9 Å². The van der Waals surface area contributed by atoms with Crippen LogP contribution in [0, 0.1) is 0 Å². The molecule has 0 radical (unpaired) electrons. The second kappa shape index (κ2) is 6.91. The Morgan fingerprint density at radius 1 is 1.33 bits per heavy atom. The molecular formula is C18H23N3O2S. The summed E-state index contributed by atoms with van der Waals surface area (Å²) >= 11 is 1.53. The number of hydrogen-bond donors (Lipinski definition) is 1. The molecule has 2 heterocycles. The van der Waals surface area contributed by atoms with Crippen molar-refractivity contribution < 1.29 is 9.53 Å². The van der Waals surface area contributed by atoms with E-state index in [0.717, 1.165) is 10.4 Å². The summed E-state index contributed by atoms with van der Waals surface area (Å²) in [4.78, 5) is 20.1. The smallest absolute Gasteiger partial charge is 0.324 e. The Morgan fingerprint density at radius 2 is 2.08 bits per heavy atom. The Bertz CT molecular complexity index is 694. The standard InChI is InChI=1S/C18H23N3O2S/c1-18(2,3)15-11-19-16(24-15)20-17(22)21-9-10-23-12-14(21)13-7-5-4-6-8-13/h4-8,11,14H,9-10,12H2,1-3H3,(H,19,20,22). The van der Waals surface area contributed by atoms with Crippen LogP contribution in [0.1, 0.15) is 37.3 Å². The van der Waals surface area contributed by atoms with Crippen LogP contribution in [-0.2, 0) is 10.2 Å². The lowest BCUT2D eigenvalue weighted by Gasteiger charge is -2.35. The molecule has 0 spiro atoms. The Balaban J connectivity index is 1.74. The molecule has 1 fully saturated rings. The molecule has 1 N–H and O–H groups in total. The molecule has 0 saturated carbocycles. The number of carbonyl (C=O) groups is 1. The third kappa shape index (κ3) is 3.76. The Hall–Kier alpha value is -1.92. The molecule has 6 heteroatoms. The average Bonchev–Trinajstić information content (AvgIpc) is 3.04. The summed E-state index contributed by atoms with van der Waals surface area (Å²) in [5.74, 6) is 0. The number of hydrogen-bond acceptors (Lipinski definition) is 4. The van der Waals surface area contributed by atoms with Gasteiger partial charge in [-0.05, 0) is 11.0 Å². The molecule has 0 bridgehead atoms. The van der Waals surface area contributed by atoms with Crippen LogP contribution in [0.2, 0.25) is 0 Å². The number of rotatable bonds is 2. The van der Waals surface area contributed by atoms with Gasteiger partial charge in [0.15, 0.2) is 5.13 Å². The van der Waals surface area contributed by atoms with Crippen LogP contribution < -0.4 is 5.32 Å². The first kappa shape index (κ1) is 16.9. The van der Waals surface area contributed by atoms with Crippen LogP contribution in [0.4, 0.5) is 9.93 Å². The quantitative estimate of drug-likeness (QED) is 0.893. The van der Waals surface area contributed by atoms with Gasteiger partial charge in [0, 0.05) is 17.6 Å². The van der Waals surface area contributed by atoms with Gasteiger partial charge >= 0.3 is 6.03 Å².